The molecule has 32 heavy (non-hydrogen) atoms. The molecule has 2 unspecified atom stereocenters. The number of nitrogens with zero attached hydrogens (tertiary/aromatic N) is 5. The number of carbonyl (C=O) groups excluding carboxylic acids is 1. The number of halogens is 1. The van der Waals surface area contributed by atoms with Crippen molar-refractivity contribution in [3.05, 3.63) is 48.4 Å². The zero-order valence-electron chi connectivity index (χ0n) is 17.6. The van der Waals surface area contributed by atoms with Gasteiger partial charge in [-0.25, -0.2) is 0 Å². The molecule has 0 saturated carbocycles. The van der Waals surface area contributed by atoms with E-state index in [4.69, 9.17) is 4.74 Å². The Hall–Kier alpha value is -3.19. The molecule has 2 saturated heterocycles. The standard InChI is InChI=1S/C22H23N7O2.ClH/c1-14-11-28(19-5-4-15(7-23)21-18(19)3-2-6-25-21)13-20(31-14)22(30)27-16-8-26-29(12-16)17-9-24-10-17;/h2-6,8,12,14,17,20,24H,9-11,13H2,1H3,(H,27,30);1H. The summed E-state index contributed by atoms with van der Waals surface area (Å²) < 4.78 is 7.83. The van der Waals surface area contributed by atoms with Crippen LogP contribution in [-0.4, -0.2) is 59.1 Å². The quantitative estimate of drug-likeness (QED) is 0.622. The Morgan fingerprint density at radius 1 is 1.31 bits per heavy atom. The molecule has 2 aliphatic rings. The highest BCUT2D eigenvalue weighted by molar-refractivity contribution is 5.97. The summed E-state index contributed by atoms with van der Waals surface area (Å²) in [5, 5.41) is 20.8. The number of nitriles is 1. The van der Waals surface area contributed by atoms with E-state index in [0.717, 1.165) is 24.2 Å². The molecule has 166 valence electrons. The predicted molar refractivity (Wildman–Crippen MR) is 123 cm³/mol. The van der Waals surface area contributed by atoms with Crippen LogP contribution < -0.4 is 15.5 Å². The highest BCUT2D eigenvalue weighted by Crippen LogP contribution is 2.30. The number of anilines is 2. The van der Waals surface area contributed by atoms with Crippen molar-refractivity contribution in [2.24, 2.45) is 0 Å². The van der Waals surface area contributed by atoms with Crippen LogP contribution in [0.3, 0.4) is 0 Å². The van der Waals surface area contributed by atoms with E-state index in [0.29, 0.717) is 35.9 Å². The van der Waals surface area contributed by atoms with Crippen molar-refractivity contribution in [3.8, 4) is 6.07 Å². The van der Waals surface area contributed by atoms with Gasteiger partial charge in [-0.15, -0.1) is 12.4 Å². The van der Waals surface area contributed by atoms with Crippen LogP contribution in [0.1, 0.15) is 18.5 Å². The normalized spacial score (nSPS) is 20.8. The molecule has 0 aliphatic carbocycles. The number of rotatable bonds is 4. The van der Waals surface area contributed by atoms with E-state index in [1.165, 1.54) is 0 Å². The fourth-order valence-electron chi connectivity index (χ4n) is 4.10. The second-order valence-electron chi connectivity index (χ2n) is 7.99. The maximum absolute atomic E-state index is 12.9. The Labute approximate surface area is 191 Å². The molecular weight excluding hydrogens is 430 g/mol. The summed E-state index contributed by atoms with van der Waals surface area (Å²) in [4.78, 5) is 19.5. The lowest BCUT2D eigenvalue weighted by Crippen LogP contribution is -2.51. The van der Waals surface area contributed by atoms with Crippen LogP contribution >= 0.6 is 12.4 Å². The topological polar surface area (TPSA) is 108 Å². The van der Waals surface area contributed by atoms with Crippen LogP contribution in [0, 0.1) is 11.3 Å². The fraction of sp³-hybridized carbons (Fsp3) is 0.364. The molecule has 0 spiro atoms. The molecule has 2 atom stereocenters. The Morgan fingerprint density at radius 2 is 2.16 bits per heavy atom. The Morgan fingerprint density at radius 3 is 2.91 bits per heavy atom. The minimum Gasteiger partial charge on any atom is -0.365 e. The monoisotopic (exact) mass is 453 g/mol. The third-order valence-corrected chi connectivity index (χ3v) is 5.76. The van der Waals surface area contributed by atoms with Crippen LogP contribution in [0.4, 0.5) is 11.4 Å². The number of pyridine rings is 1. The molecule has 10 heteroatoms. The number of nitrogens with one attached hydrogen (secondary N) is 2. The molecule has 5 rings (SSSR count). The summed E-state index contributed by atoms with van der Waals surface area (Å²) in [7, 11) is 0. The van der Waals surface area contributed by atoms with Gasteiger partial charge in [0.05, 0.1) is 41.7 Å². The third-order valence-electron chi connectivity index (χ3n) is 5.76. The number of hydrogen-bond donors (Lipinski definition) is 2. The molecule has 3 aromatic rings. The van der Waals surface area contributed by atoms with E-state index in [1.54, 1.807) is 18.5 Å². The lowest BCUT2D eigenvalue weighted by atomic mass is 10.1. The first kappa shape index (κ1) is 22.0. The first-order valence-electron chi connectivity index (χ1n) is 10.4. The van der Waals surface area contributed by atoms with E-state index in [2.05, 4.69) is 31.7 Å². The summed E-state index contributed by atoms with van der Waals surface area (Å²) in [5.74, 6) is -0.195. The average molecular weight is 454 g/mol. The van der Waals surface area contributed by atoms with Crippen LogP contribution in [0.15, 0.2) is 42.9 Å². The van der Waals surface area contributed by atoms with Gasteiger partial charge in [-0.1, -0.05) is 0 Å². The lowest BCUT2D eigenvalue weighted by molar-refractivity contribution is -0.131. The van der Waals surface area contributed by atoms with E-state index in [1.807, 2.05) is 36.0 Å². The van der Waals surface area contributed by atoms with Gasteiger partial charge >= 0.3 is 0 Å². The van der Waals surface area contributed by atoms with Crippen molar-refractivity contribution in [2.45, 2.75) is 25.2 Å². The second kappa shape index (κ2) is 9.12. The summed E-state index contributed by atoms with van der Waals surface area (Å²) >= 11 is 0. The maximum atomic E-state index is 12.9. The summed E-state index contributed by atoms with van der Waals surface area (Å²) in [6, 6.07) is 10.1. The van der Waals surface area contributed by atoms with Crippen LogP contribution in [-0.2, 0) is 9.53 Å². The number of aromatic nitrogens is 3. The van der Waals surface area contributed by atoms with Gasteiger partial charge in [-0.3, -0.25) is 14.5 Å². The van der Waals surface area contributed by atoms with Crippen molar-refractivity contribution in [1.29, 1.82) is 5.26 Å². The molecule has 9 nitrogen and oxygen atoms in total. The van der Waals surface area contributed by atoms with Gasteiger partial charge in [-0.2, -0.15) is 10.4 Å². The molecule has 2 aliphatic heterocycles. The number of amides is 1. The average Bonchev–Trinajstić information content (AvgIpc) is 3.18. The fourth-order valence-corrected chi connectivity index (χ4v) is 4.10. The van der Waals surface area contributed by atoms with E-state index in [9.17, 15) is 10.1 Å². The Bertz CT molecular complexity index is 1170. The summed E-state index contributed by atoms with van der Waals surface area (Å²) in [5.41, 5.74) is 2.81. The molecule has 2 aromatic heterocycles. The van der Waals surface area contributed by atoms with Crippen molar-refractivity contribution in [2.75, 3.05) is 36.4 Å². The number of morpholine rings is 1. The molecule has 1 aromatic carbocycles. The molecule has 4 heterocycles. The predicted octanol–water partition coefficient (Wildman–Crippen LogP) is 2.10. The van der Waals surface area contributed by atoms with E-state index >= 15 is 0 Å². The highest BCUT2D eigenvalue weighted by Gasteiger charge is 2.32. The van der Waals surface area contributed by atoms with Crippen molar-refractivity contribution < 1.29 is 9.53 Å². The van der Waals surface area contributed by atoms with Gasteiger partial charge in [0.1, 0.15) is 6.07 Å². The largest absolute Gasteiger partial charge is 0.365 e. The molecule has 0 radical (unpaired) electrons. The number of fused-ring (bicyclic) bond motifs is 1. The van der Waals surface area contributed by atoms with Crippen molar-refractivity contribution in [3.63, 3.8) is 0 Å². The number of carbonyl (C=O) groups is 1. The van der Waals surface area contributed by atoms with Crippen molar-refractivity contribution >= 4 is 40.6 Å². The zero-order chi connectivity index (χ0) is 21.4. The zero-order valence-corrected chi connectivity index (χ0v) is 18.4. The highest BCUT2D eigenvalue weighted by atomic mass is 35.5. The van der Waals surface area contributed by atoms with Gasteiger partial charge in [0.15, 0.2) is 6.10 Å². The second-order valence-corrected chi connectivity index (χ2v) is 7.99. The van der Waals surface area contributed by atoms with Gasteiger partial charge in [-0.05, 0) is 31.2 Å². The van der Waals surface area contributed by atoms with Gasteiger partial charge in [0, 0.05) is 43.1 Å². The molecule has 0 bridgehead atoms. The Kier molecular flexibility index (Phi) is 6.28. The number of hydrogen-bond acceptors (Lipinski definition) is 7. The number of benzene rings is 1. The van der Waals surface area contributed by atoms with Crippen LogP contribution in [0.25, 0.3) is 10.9 Å². The minimum atomic E-state index is -0.625. The van der Waals surface area contributed by atoms with Crippen LogP contribution in [0.5, 0.6) is 0 Å². The van der Waals surface area contributed by atoms with E-state index < -0.39 is 6.10 Å². The maximum Gasteiger partial charge on any atom is 0.255 e. The molecule has 1 amide bonds. The minimum absolute atomic E-state index is 0. The number of ether oxygens (including phenoxy) is 1. The van der Waals surface area contributed by atoms with Crippen molar-refractivity contribution in [1.82, 2.24) is 20.1 Å². The Balaban J connectivity index is 0.00000245. The summed E-state index contributed by atoms with van der Waals surface area (Å²) in [6.45, 7) is 4.79. The molecular formula is C22H24ClN7O2. The smallest absolute Gasteiger partial charge is 0.255 e. The van der Waals surface area contributed by atoms with Crippen LogP contribution in [0.2, 0.25) is 0 Å². The third kappa shape index (κ3) is 4.12. The molecule has 2 fully saturated rings. The van der Waals surface area contributed by atoms with Gasteiger partial charge in [0.2, 0.25) is 0 Å². The molecule has 2 N–H and O–H groups in total. The van der Waals surface area contributed by atoms with Gasteiger partial charge < -0.3 is 20.3 Å². The first-order chi connectivity index (χ1) is 15.1. The van der Waals surface area contributed by atoms with E-state index in [-0.39, 0.29) is 24.4 Å². The first-order valence-corrected chi connectivity index (χ1v) is 10.4. The van der Waals surface area contributed by atoms with Gasteiger partial charge in [0.25, 0.3) is 5.91 Å². The SMILES string of the molecule is CC1CN(c2ccc(C#N)c3ncccc23)CC(C(=O)Nc2cnn(C3CNC3)c2)O1.Cl. The lowest BCUT2D eigenvalue weighted by Gasteiger charge is -2.38. The summed E-state index contributed by atoms with van der Waals surface area (Å²) in [6.07, 6.45) is 4.45.